The van der Waals surface area contributed by atoms with E-state index in [0.717, 1.165) is 0 Å². The van der Waals surface area contributed by atoms with Crippen LogP contribution in [0.2, 0.25) is 0 Å². The number of anilines is 1. The molecule has 3 rings (SSSR count). The van der Waals surface area contributed by atoms with E-state index in [-0.39, 0.29) is 23.0 Å². The van der Waals surface area contributed by atoms with Crippen LogP contribution in [-0.4, -0.2) is 16.7 Å². The summed E-state index contributed by atoms with van der Waals surface area (Å²) in [6, 6.07) is 13.2. The van der Waals surface area contributed by atoms with Gasteiger partial charge in [0.05, 0.1) is 11.4 Å². The van der Waals surface area contributed by atoms with Crippen LogP contribution in [0.4, 0.5) is 5.69 Å². The Kier molecular flexibility index (Phi) is 2.84. The van der Waals surface area contributed by atoms with Gasteiger partial charge in [0.15, 0.2) is 5.78 Å². The average Bonchev–Trinajstić information content (AvgIpc) is 2.75. The highest BCUT2D eigenvalue weighted by molar-refractivity contribution is 6.22. The van der Waals surface area contributed by atoms with E-state index in [1.165, 1.54) is 24.3 Å². The van der Waals surface area contributed by atoms with Gasteiger partial charge in [-0.3, -0.25) is 9.59 Å². The van der Waals surface area contributed by atoms with Crippen LogP contribution in [0.1, 0.15) is 20.7 Å². The number of carbonyl (C=O) groups excluding carboxylic acids is 2. The molecule has 0 unspecified atom stereocenters. The molecule has 0 atom stereocenters. The van der Waals surface area contributed by atoms with Gasteiger partial charge in [-0.2, -0.15) is 0 Å². The van der Waals surface area contributed by atoms with Gasteiger partial charge < -0.3 is 10.4 Å². The summed E-state index contributed by atoms with van der Waals surface area (Å²) in [5.74, 6) is -0.414. The van der Waals surface area contributed by atoms with Crippen molar-refractivity contribution in [1.82, 2.24) is 0 Å². The van der Waals surface area contributed by atoms with Crippen LogP contribution in [0.3, 0.4) is 0 Å². The number of nitrogens with one attached hydrogen (secondary N) is 1. The van der Waals surface area contributed by atoms with Crippen molar-refractivity contribution in [2.45, 2.75) is 0 Å². The van der Waals surface area contributed by atoms with E-state index in [2.05, 4.69) is 5.32 Å². The lowest BCUT2D eigenvalue weighted by atomic mass is 10.1. The minimum atomic E-state index is -0.246. The first-order valence-corrected chi connectivity index (χ1v) is 6.11. The second-order valence-corrected chi connectivity index (χ2v) is 4.47. The Morgan fingerprint density at radius 3 is 2.60 bits per heavy atom. The molecule has 0 spiro atoms. The summed E-state index contributed by atoms with van der Waals surface area (Å²) < 4.78 is 0. The third-order valence-electron chi connectivity index (χ3n) is 3.10. The summed E-state index contributed by atoms with van der Waals surface area (Å²) in [5.41, 5.74) is 1.71. The van der Waals surface area contributed by atoms with Gasteiger partial charge in [0, 0.05) is 23.3 Å². The maximum Gasteiger partial charge on any atom is 0.211 e. The van der Waals surface area contributed by atoms with Gasteiger partial charge in [-0.25, -0.2) is 0 Å². The maximum atomic E-state index is 12.1. The van der Waals surface area contributed by atoms with Crippen molar-refractivity contribution in [2.75, 3.05) is 5.32 Å². The lowest BCUT2D eigenvalue weighted by molar-refractivity contribution is 0.101. The molecule has 0 saturated heterocycles. The van der Waals surface area contributed by atoms with Crippen LogP contribution in [0.15, 0.2) is 60.3 Å². The van der Waals surface area contributed by atoms with Crippen LogP contribution in [-0.2, 0) is 0 Å². The first-order valence-electron chi connectivity index (χ1n) is 6.11. The van der Waals surface area contributed by atoms with Crippen LogP contribution in [0.25, 0.3) is 0 Å². The number of fused-ring (bicyclic) bond motifs is 1. The zero-order chi connectivity index (χ0) is 14.1. The summed E-state index contributed by atoms with van der Waals surface area (Å²) in [4.78, 5) is 24.2. The SMILES string of the molecule is O=C(C=C1Nc2cc(O)ccc2C1=O)c1ccccc1. The number of hydrogen-bond acceptors (Lipinski definition) is 4. The molecule has 0 aromatic heterocycles. The fourth-order valence-corrected chi connectivity index (χ4v) is 2.10. The Hall–Kier alpha value is -2.88. The first kappa shape index (κ1) is 12.2. The van der Waals surface area contributed by atoms with Crippen molar-refractivity contribution in [2.24, 2.45) is 0 Å². The minimum absolute atomic E-state index is 0.0692. The van der Waals surface area contributed by atoms with Crippen molar-refractivity contribution in [1.29, 1.82) is 0 Å². The topological polar surface area (TPSA) is 66.4 Å². The highest BCUT2D eigenvalue weighted by Crippen LogP contribution is 2.31. The van der Waals surface area contributed by atoms with Crippen LogP contribution >= 0.6 is 0 Å². The van der Waals surface area contributed by atoms with Crippen LogP contribution in [0.5, 0.6) is 5.75 Å². The molecule has 4 heteroatoms. The third-order valence-corrected chi connectivity index (χ3v) is 3.10. The van der Waals surface area contributed by atoms with Gasteiger partial charge in [0.2, 0.25) is 5.78 Å². The molecule has 2 aromatic rings. The number of rotatable bonds is 2. The molecule has 0 amide bonds. The molecule has 0 fully saturated rings. The number of carbonyl (C=O) groups is 2. The largest absolute Gasteiger partial charge is 0.508 e. The number of Topliss-reactive ketones (excluding diaryl/α,β-unsaturated/α-hetero) is 1. The average molecular weight is 265 g/mol. The van der Waals surface area contributed by atoms with Crippen molar-refractivity contribution in [3.63, 3.8) is 0 Å². The zero-order valence-corrected chi connectivity index (χ0v) is 10.5. The first-order chi connectivity index (χ1) is 9.65. The molecule has 0 bridgehead atoms. The van der Waals surface area contributed by atoms with Crippen LogP contribution < -0.4 is 5.32 Å². The summed E-state index contributed by atoms with van der Waals surface area (Å²) >= 11 is 0. The molecule has 20 heavy (non-hydrogen) atoms. The van der Waals surface area contributed by atoms with Gasteiger partial charge in [0.25, 0.3) is 0 Å². The second kappa shape index (κ2) is 4.66. The molecule has 0 saturated carbocycles. The molecule has 1 heterocycles. The molecule has 2 N–H and O–H groups in total. The van der Waals surface area contributed by atoms with Gasteiger partial charge in [-0.05, 0) is 12.1 Å². The lowest BCUT2D eigenvalue weighted by Gasteiger charge is -1.99. The van der Waals surface area contributed by atoms with E-state index in [1.807, 2.05) is 6.07 Å². The van der Waals surface area contributed by atoms with Crippen LogP contribution in [0, 0.1) is 0 Å². The molecule has 1 aliphatic rings. The van der Waals surface area contributed by atoms with E-state index in [4.69, 9.17) is 0 Å². The normalized spacial score (nSPS) is 15.0. The van der Waals surface area contributed by atoms with Crippen molar-refractivity contribution in [3.05, 3.63) is 71.4 Å². The predicted octanol–water partition coefficient (Wildman–Crippen LogP) is 2.77. The standard InChI is InChI=1S/C16H11NO3/c18-11-6-7-12-13(8-11)17-14(16(12)20)9-15(19)10-4-2-1-3-5-10/h1-9,17-18H. The van der Waals surface area contributed by atoms with E-state index < -0.39 is 0 Å². The Labute approximate surface area is 115 Å². The predicted molar refractivity (Wildman–Crippen MR) is 74.9 cm³/mol. The Balaban J connectivity index is 1.92. The lowest BCUT2D eigenvalue weighted by Crippen LogP contribution is -2.05. The molecule has 0 aliphatic carbocycles. The number of hydrogen-bond donors (Lipinski definition) is 2. The summed E-state index contributed by atoms with van der Waals surface area (Å²) in [6.45, 7) is 0. The highest BCUT2D eigenvalue weighted by Gasteiger charge is 2.25. The summed E-state index contributed by atoms with van der Waals surface area (Å²) in [6.07, 6.45) is 1.29. The number of phenolic OH excluding ortho intramolecular Hbond substituents is 1. The zero-order valence-electron chi connectivity index (χ0n) is 10.5. The molecule has 0 radical (unpaired) electrons. The fraction of sp³-hybridized carbons (Fsp3) is 0. The maximum absolute atomic E-state index is 12.1. The Morgan fingerprint density at radius 2 is 1.85 bits per heavy atom. The number of allylic oxidation sites excluding steroid dienone is 2. The molecule has 98 valence electrons. The third kappa shape index (κ3) is 2.07. The highest BCUT2D eigenvalue weighted by atomic mass is 16.3. The van der Waals surface area contributed by atoms with Gasteiger partial charge >= 0.3 is 0 Å². The van der Waals surface area contributed by atoms with Gasteiger partial charge in [-0.1, -0.05) is 30.3 Å². The van der Waals surface area contributed by atoms with Gasteiger partial charge in [-0.15, -0.1) is 0 Å². The van der Waals surface area contributed by atoms with Gasteiger partial charge in [0.1, 0.15) is 5.75 Å². The fourth-order valence-electron chi connectivity index (χ4n) is 2.10. The van der Waals surface area contributed by atoms with E-state index in [1.54, 1.807) is 24.3 Å². The van der Waals surface area contributed by atoms with E-state index >= 15 is 0 Å². The Bertz CT molecular complexity index is 733. The molecular formula is C16H11NO3. The number of ketones is 2. The number of phenols is 1. The number of benzene rings is 2. The van der Waals surface area contributed by atoms with E-state index in [0.29, 0.717) is 16.8 Å². The Morgan fingerprint density at radius 1 is 1.10 bits per heavy atom. The van der Waals surface area contributed by atoms with Crippen molar-refractivity contribution in [3.8, 4) is 5.75 Å². The quantitative estimate of drug-likeness (QED) is 0.647. The van der Waals surface area contributed by atoms with Crippen molar-refractivity contribution >= 4 is 17.3 Å². The molecule has 4 nitrogen and oxygen atoms in total. The molecule has 1 aliphatic heterocycles. The smallest absolute Gasteiger partial charge is 0.211 e. The van der Waals surface area contributed by atoms with E-state index in [9.17, 15) is 14.7 Å². The minimum Gasteiger partial charge on any atom is -0.508 e. The second-order valence-electron chi connectivity index (χ2n) is 4.47. The summed E-state index contributed by atoms with van der Waals surface area (Å²) in [7, 11) is 0. The molecule has 2 aromatic carbocycles. The summed E-state index contributed by atoms with van der Waals surface area (Å²) in [5, 5.41) is 12.2. The number of aromatic hydroxyl groups is 1. The van der Waals surface area contributed by atoms with Crippen molar-refractivity contribution < 1.29 is 14.7 Å². The monoisotopic (exact) mass is 265 g/mol. The molecular weight excluding hydrogens is 254 g/mol.